The molecule has 5 heteroatoms. The fraction of sp³-hybridized carbons (Fsp3) is 0.231. The molecule has 0 atom stereocenters. The molecule has 0 radical (unpaired) electrons. The highest BCUT2D eigenvalue weighted by Crippen LogP contribution is 2.17. The molecule has 0 aliphatic heterocycles. The third-order valence-corrected chi connectivity index (χ3v) is 3.49. The summed E-state index contributed by atoms with van der Waals surface area (Å²) in [6.45, 7) is 2.56. The minimum Gasteiger partial charge on any atom is -0.352 e. The highest BCUT2D eigenvalue weighted by atomic mass is 79.9. The summed E-state index contributed by atoms with van der Waals surface area (Å²) in [5.74, 6) is 0.808. The largest absolute Gasteiger partial charge is 0.352 e. The summed E-state index contributed by atoms with van der Waals surface area (Å²) in [5, 5.41) is 2.86. The number of amides is 1. The molecule has 0 saturated carbocycles. The summed E-state index contributed by atoms with van der Waals surface area (Å²) < 4.78 is 0.946. The van der Waals surface area contributed by atoms with Gasteiger partial charge in [-0.1, -0.05) is 22.0 Å². The van der Waals surface area contributed by atoms with Crippen molar-refractivity contribution in [2.45, 2.75) is 13.3 Å². The Hall–Kier alpha value is -1.62. The lowest BCUT2D eigenvalue weighted by Gasteiger charge is -2.05. The van der Waals surface area contributed by atoms with Gasteiger partial charge in [0.15, 0.2) is 0 Å². The number of rotatable bonds is 4. The lowest BCUT2D eigenvalue weighted by Crippen LogP contribution is -2.25. The second kappa shape index (κ2) is 5.82. The average Bonchev–Trinajstić information content (AvgIpc) is 2.85. The first-order valence-electron chi connectivity index (χ1n) is 5.69. The molecule has 0 aliphatic rings. The fourth-order valence-corrected chi connectivity index (χ4v) is 1.94. The highest BCUT2D eigenvalue weighted by Gasteiger charge is 2.06. The van der Waals surface area contributed by atoms with Crippen molar-refractivity contribution in [2.24, 2.45) is 0 Å². The van der Waals surface area contributed by atoms with Crippen LogP contribution in [0.3, 0.4) is 0 Å². The molecule has 2 aromatic rings. The van der Waals surface area contributed by atoms with Crippen LogP contribution >= 0.6 is 15.9 Å². The smallest absolute Gasteiger partial charge is 0.251 e. The van der Waals surface area contributed by atoms with E-state index >= 15 is 0 Å². The first-order chi connectivity index (χ1) is 8.66. The van der Waals surface area contributed by atoms with Gasteiger partial charge in [-0.05, 0) is 24.6 Å². The Balaban J connectivity index is 1.89. The van der Waals surface area contributed by atoms with Crippen LogP contribution < -0.4 is 5.32 Å². The minimum atomic E-state index is -0.0674. The average molecular weight is 308 g/mol. The maximum atomic E-state index is 11.9. The Labute approximate surface area is 114 Å². The lowest BCUT2D eigenvalue weighted by molar-refractivity contribution is 0.0954. The van der Waals surface area contributed by atoms with Crippen LogP contribution in [0.5, 0.6) is 0 Å². The number of aromatic nitrogens is 2. The van der Waals surface area contributed by atoms with Gasteiger partial charge < -0.3 is 10.3 Å². The van der Waals surface area contributed by atoms with Crippen LogP contribution in [-0.4, -0.2) is 22.4 Å². The molecular weight excluding hydrogens is 294 g/mol. The van der Waals surface area contributed by atoms with Gasteiger partial charge in [-0.15, -0.1) is 0 Å². The number of nitrogens with zero attached hydrogens (tertiary/aromatic N) is 1. The summed E-state index contributed by atoms with van der Waals surface area (Å²) in [6.07, 6.45) is 4.17. The van der Waals surface area contributed by atoms with Gasteiger partial charge in [0.1, 0.15) is 5.82 Å². The minimum absolute atomic E-state index is 0.0674. The predicted octanol–water partition coefficient (Wildman–Crippen LogP) is 2.45. The van der Waals surface area contributed by atoms with Crippen molar-refractivity contribution in [2.75, 3.05) is 6.54 Å². The molecule has 0 unspecified atom stereocenters. The van der Waals surface area contributed by atoms with Gasteiger partial charge in [0.05, 0.1) is 0 Å². The number of hydrogen-bond acceptors (Lipinski definition) is 2. The quantitative estimate of drug-likeness (QED) is 0.911. The summed E-state index contributed by atoms with van der Waals surface area (Å²) >= 11 is 3.42. The topological polar surface area (TPSA) is 57.8 Å². The van der Waals surface area contributed by atoms with E-state index in [9.17, 15) is 4.79 Å². The van der Waals surface area contributed by atoms with Crippen LogP contribution in [0.2, 0.25) is 0 Å². The van der Waals surface area contributed by atoms with Crippen LogP contribution in [0.4, 0.5) is 0 Å². The number of aromatic amines is 1. The SMILES string of the molecule is Cc1ccc(C(=O)NCCc2ncc[nH]2)cc1Br. The standard InChI is InChI=1S/C13H14BrN3O/c1-9-2-3-10(8-11(9)14)13(18)17-5-4-12-15-6-7-16-12/h2-3,6-8H,4-5H2,1H3,(H,15,16)(H,17,18). The Morgan fingerprint density at radius 2 is 2.33 bits per heavy atom. The van der Waals surface area contributed by atoms with E-state index in [-0.39, 0.29) is 5.91 Å². The lowest BCUT2D eigenvalue weighted by atomic mass is 10.1. The van der Waals surface area contributed by atoms with E-state index < -0.39 is 0 Å². The van der Waals surface area contributed by atoms with Gasteiger partial charge in [-0.2, -0.15) is 0 Å². The predicted molar refractivity (Wildman–Crippen MR) is 73.5 cm³/mol. The number of imidazole rings is 1. The van der Waals surface area contributed by atoms with E-state index in [1.54, 1.807) is 12.4 Å². The van der Waals surface area contributed by atoms with E-state index in [4.69, 9.17) is 0 Å². The zero-order valence-electron chi connectivity index (χ0n) is 10.0. The number of H-pyrrole nitrogens is 1. The highest BCUT2D eigenvalue weighted by molar-refractivity contribution is 9.10. The van der Waals surface area contributed by atoms with Gasteiger partial charge in [-0.3, -0.25) is 4.79 Å². The van der Waals surface area contributed by atoms with Gasteiger partial charge in [-0.25, -0.2) is 4.98 Å². The molecule has 0 fully saturated rings. The third-order valence-electron chi connectivity index (χ3n) is 2.64. The summed E-state index contributed by atoms with van der Waals surface area (Å²) in [5.41, 5.74) is 1.77. The molecule has 1 amide bonds. The van der Waals surface area contributed by atoms with E-state index in [0.717, 1.165) is 15.9 Å². The second-order valence-electron chi connectivity index (χ2n) is 4.01. The fourth-order valence-electron chi connectivity index (χ4n) is 1.57. The Kier molecular flexibility index (Phi) is 4.15. The van der Waals surface area contributed by atoms with Gasteiger partial charge >= 0.3 is 0 Å². The Morgan fingerprint density at radius 1 is 1.50 bits per heavy atom. The maximum absolute atomic E-state index is 11.9. The number of carbonyl (C=O) groups excluding carboxylic acids is 1. The summed E-state index contributed by atoms with van der Waals surface area (Å²) in [7, 11) is 0. The molecule has 0 aliphatic carbocycles. The molecule has 0 bridgehead atoms. The van der Waals surface area contributed by atoms with Crippen molar-refractivity contribution in [1.29, 1.82) is 0 Å². The molecule has 0 saturated heterocycles. The molecule has 0 spiro atoms. The van der Waals surface area contributed by atoms with Gasteiger partial charge in [0.25, 0.3) is 5.91 Å². The van der Waals surface area contributed by atoms with Crippen molar-refractivity contribution >= 4 is 21.8 Å². The zero-order valence-corrected chi connectivity index (χ0v) is 11.6. The van der Waals surface area contributed by atoms with E-state index in [2.05, 4.69) is 31.2 Å². The second-order valence-corrected chi connectivity index (χ2v) is 4.86. The zero-order chi connectivity index (χ0) is 13.0. The van der Waals surface area contributed by atoms with Crippen molar-refractivity contribution in [3.8, 4) is 0 Å². The van der Waals surface area contributed by atoms with Crippen LogP contribution in [0.15, 0.2) is 35.1 Å². The van der Waals surface area contributed by atoms with E-state index in [1.807, 2.05) is 25.1 Å². The van der Waals surface area contributed by atoms with E-state index in [0.29, 0.717) is 18.5 Å². The van der Waals surface area contributed by atoms with Crippen molar-refractivity contribution in [3.05, 3.63) is 52.0 Å². The first-order valence-corrected chi connectivity index (χ1v) is 6.49. The molecule has 18 heavy (non-hydrogen) atoms. The number of benzene rings is 1. The number of carbonyl (C=O) groups is 1. The normalized spacial score (nSPS) is 10.3. The monoisotopic (exact) mass is 307 g/mol. The number of hydrogen-bond donors (Lipinski definition) is 2. The van der Waals surface area contributed by atoms with Crippen LogP contribution in [0.1, 0.15) is 21.7 Å². The summed E-state index contributed by atoms with van der Waals surface area (Å²) in [6, 6.07) is 5.57. The molecule has 1 aromatic heterocycles. The van der Waals surface area contributed by atoms with Gasteiger partial charge in [0, 0.05) is 35.4 Å². The van der Waals surface area contributed by atoms with Gasteiger partial charge in [0.2, 0.25) is 0 Å². The Bertz CT molecular complexity index is 537. The van der Waals surface area contributed by atoms with Crippen molar-refractivity contribution in [1.82, 2.24) is 15.3 Å². The van der Waals surface area contributed by atoms with Crippen molar-refractivity contribution < 1.29 is 4.79 Å². The number of aryl methyl sites for hydroxylation is 1. The third kappa shape index (κ3) is 3.20. The molecule has 94 valence electrons. The van der Waals surface area contributed by atoms with Crippen molar-refractivity contribution in [3.63, 3.8) is 0 Å². The van der Waals surface area contributed by atoms with Crippen LogP contribution in [0.25, 0.3) is 0 Å². The molecule has 2 rings (SSSR count). The Morgan fingerprint density at radius 3 is 3.00 bits per heavy atom. The molecule has 1 heterocycles. The molecule has 4 nitrogen and oxygen atoms in total. The van der Waals surface area contributed by atoms with Crippen LogP contribution in [0, 0.1) is 6.92 Å². The first kappa shape index (κ1) is 12.8. The number of halogens is 1. The van der Waals surface area contributed by atoms with E-state index in [1.165, 1.54) is 0 Å². The molecule has 2 N–H and O–H groups in total. The van der Waals surface area contributed by atoms with Crippen LogP contribution in [-0.2, 0) is 6.42 Å². The molecule has 1 aromatic carbocycles. The number of nitrogens with one attached hydrogen (secondary N) is 2. The maximum Gasteiger partial charge on any atom is 0.251 e. The summed E-state index contributed by atoms with van der Waals surface area (Å²) in [4.78, 5) is 19.0. The molecular formula is C13H14BrN3O.